The van der Waals surface area contributed by atoms with Gasteiger partial charge in [0.2, 0.25) is 0 Å². The van der Waals surface area contributed by atoms with Gasteiger partial charge in [-0.1, -0.05) is 42.8 Å². The summed E-state index contributed by atoms with van der Waals surface area (Å²) in [5.41, 5.74) is 2.43. The van der Waals surface area contributed by atoms with Crippen molar-refractivity contribution in [1.29, 1.82) is 0 Å². The molecule has 0 fully saturated rings. The van der Waals surface area contributed by atoms with Gasteiger partial charge >= 0.3 is 0 Å². The van der Waals surface area contributed by atoms with Gasteiger partial charge in [-0.2, -0.15) is 0 Å². The Labute approximate surface area is 128 Å². The zero-order chi connectivity index (χ0) is 15.2. The molecule has 2 nitrogen and oxygen atoms in total. The van der Waals surface area contributed by atoms with Crippen LogP contribution in [0.5, 0.6) is 0 Å². The van der Waals surface area contributed by atoms with Gasteiger partial charge in [-0.3, -0.25) is 4.79 Å². The number of anilines is 1. The van der Waals surface area contributed by atoms with Crippen molar-refractivity contribution in [3.05, 3.63) is 76.7 Å². The van der Waals surface area contributed by atoms with Crippen LogP contribution >= 0.6 is 11.6 Å². The number of nitrogens with one attached hydrogen (secondary N) is 1. The quantitative estimate of drug-likeness (QED) is 0.632. The standard InChI is InChI=1S/C17H15ClFNO/c1-2-12-3-5-13(6-4-12)17(21)9-10-20-14-7-8-16(19)15(18)11-14/h3-11,20H,2H2,1H3/b10-9+. The Morgan fingerprint density at radius 1 is 1.24 bits per heavy atom. The van der Waals surface area contributed by atoms with Gasteiger partial charge < -0.3 is 5.32 Å². The van der Waals surface area contributed by atoms with Crippen LogP contribution in [0.4, 0.5) is 10.1 Å². The Morgan fingerprint density at radius 2 is 1.95 bits per heavy atom. The number of halogens is 2. The Morgan fingerprint density at radius 3 is 2.57 bits per heavy atom. The molecule has 21 heavy (non-hydrogen) atoms. The van der Waals surface area contributed by atoms with Crippen LogP contribution in [0.15, 0.2) is 54.7 Å². The Hall–Kier alpha value is -2.13. The van der Waals surface area contributed by atoms with Gasteiger partial charge in [-0.25, -0.2) is 4.39 Å². The average molecular weight is 304 g/mol. The lowest BCUT2D eigenvalue weighted by atomic mass is 10.1. The minimum atomic E-state index is -0.474. The van der Waals surface area contributed by atoms with Crippen LogP contribution in [0, 0.1) is 5.82 Å². The van der Waals surface area contributed by atoms with Crippen molar-refractivity contribution in [2.24, 2.45) is 0 Å². The van der Waals surface area contributed by atoms with Crippen molar-refractivity contribution in [2.75, 3.05) is 5.32 Å². The molecule has 0 aliphatic heterocycles. The summed E-state index contributed by atoms with van der Waals surface area (Å²) in [7, 11) is 0. The molecule has 2 aromatic carbocycles. The summed E-state index contributed by atoms with van der Waals surface area (Å²) < 4.78 is 13.0. The highest BCUT2D eigenvalue weighted by Crippen LogP contribution is 2.19. The third-order valence-corrected chi connectivity index (χ3v) is 3.34. The molecule has 0 bridgehead atoms. The molecule has 108 valence electrons. The lowest BCUT2D eigenvalue weighted by molar-refractivity contribution is 0.104. The molecule has 2 aromatic rings. The van der Waals surface area contributed by atoms with Crippen LogP contribution in [0.25, 0.3) is 0 Å². The number of hydrogen-bond acceptors (Lipinski definition) is 2. The lowest BCUT2D eigenvalue weighted by Gasteiger charge is -2.02. The summed E-state index contributed by atoms with van der Waals surface area (Å²) in [4.78, 5) is 11.9. The van der Waals surface area contributed by atoms with E-state index in [0.29, 0.717) is 11.3 Å². The van der Waals surface area contributed by atoms with Gasteiger partial charge in [-0.05, 0) is 30.2 Å². The van der Waals surface area contributed by atoms with Crippen molar-refractivity contribution in [2.45, 2.75) is 13.3 Å². The van der Waals surface area contributed by atoms with Crippen LogP contribution in [0.3, 0.4) is 0 Å². The fourth-order valence-corrected chi connectivity index (χ4v) is 1.98. The monoisotopic (exact) mass is 303 g/mol. The largest absolute Gasteiger partial charge is 0.361 e. The maximum atomic E-state index is 13.0. The van der Waals surface area contributed by atoms with Crippen molar-refractivity contribution in [3.8, 4) is 0 Å². The molecule has 2 rings (SSSR count). The summed E-state index contributed by atoms with van der Waals surface area (Å²) >= 11 is 5.67. The molecule has 0 aliphatic rings. The summed E-state index contributed by atoms with van der Waals surface area (Å²) in [6.07, 6.45) is 3.88. The van der Waals surface area contributed by atoms with Gasteiger partial charge in [0.25, 0.3) is 0 Å². The summed E-state index contributed by atoms with van der Waals surface area (Å²) in [6.45, 7) is 2.06. The highest BCUT2D eigenvalue weighted by Gasteiger charge is 2.02. The fourth-order valence-electron chi connectivity index (χ4n) is 1.80. The van der Waals surface area contributed by atoms with Gasteiger partial charge in [0.15, 0.2) is 5.78 Å². The number of allylic oxidation sites excluding steroid dienone is 1. The lowest BCUT2D eigenvalue weighted by Crippen LogP contribution is -1.96. The van der Waals surface area contributed by atoms with E-state index in [1.165, 1.54) is 30.0 Å². The predicted molar refractivity (Wildman–Crippen MR) is 84.3 cm³/mol. The number of rotatable bonds is 5. The average Bonchev–Trinajstić information content (AvgIpc) is 2.51. The topological polar surface area (TPSA) is 29.1 Å². The molecule has 0 spiro atoms. The predicted octanol–water partition coefficient (Wildman–Crippen LogP) is 4.85. The third kappa shape index (κ3) is 4.17. The Bertz CT molecular complexity index is 665. The molecule has 4 heteroatoms. The third-order valence-electron chi connectivity index (χ3n) is 3.05. The fraction of sp³-hybridized carbons (Fsp3) is 0.118. The van der Waals surface area contributed by atoms with Gasteiger partial charge in [0.1, 0.15) is 5.82 Å². The zero-order valence-corrected chi connectivity index (χ0v) is 12.3. The van der Waals surface area contributed by atoms with E-state index in [4.69, 9.17) is 11.6 Å². The Kier molecular flexibility index (Phi) is 5.12. The highest BCUT2D eigenvalue weighted by atomic mass is 35.5. The zero-order valence-electron chi connectivity index (χ0n) is 11.6. The van der Waals surface area contributed by atoms with Gasteiger partial charge in [0, 0.05) is 23.5 Å². The number of carbonyl (C=O) groups is 1. The van der Waals surface area contributed by atoms with E-state index in [9.17, 15) is 9.18 Å². The van der Waals surface area contributed by atoms with E-state index in [1.54, 1.807) is 18.2 Å². The first kappa shape index (κ1) is 15.3. The van der Waals surface area contributed by atoms with Crippen LogP contribution in [0.1, 0.15) is 22.8 Å². The highest BCUT2D eigenvalue weighted by molar-refractivity contribution is 6.31. The Balaban J connectivity index is 1.99. The smallest absolute Gasteiger partial charge is 0.187 e. The minimum Gasteiger partial charge on any atom is -0.361 e. The molecule has 0 heterocycles. The molecule has 0 radical (unpaired) electrons. The molecule has 0 aliphatic carbocycles. The first-order valence-corrected chi connectivity index (χ1v) is 6.99. The molecule has 0 unspecified atom stereocenters. The second-order valence-corrected chi connectivity index (χ2v) is 4.93. The van der Waals surface area contributed by atoms with Crippen LogP contribution < -0.4 is 5.32 Å². The van der Waals surface area contributed by atoms with E-state index in [2.05, 4.69) is 12.2 Å². The number of aryl methyl sites for hydroxylation is 1. The molecular formula is C17H15ClFNO. The van der Waals surface area contributed by atoms with E-state index in [1.807, 2.05) is 12.1 Å². The molecule has 0 aromatic heterocycles. The molecule has 1 N–H and O–H groups in total. The second-order valence-electron chi connectivity index (χ2n) is 4.52. The van der Waals surface area contributed by atoms with Crippen LogP contribution in [0.2, 0.25) is 5.02 Å². The molecule has 0 amide bonds. The van der Waals surface area contributed by atoms with Crippen molar-refractivity contribution >= 4 is 23.1 Å². The van der Waals surface area contributed by atoms with E-state index in [0.717, 1.165) is 6.42 Å². The SMILES string of the molecule is CCc1ccc(C(=O)/C=C/Nc2ccc(F)c(Cl)c2)cc1. The van der Waals surface area contributed by atoms with E-state index in [-0.39, 0.29) is 10.8 Å². The number of ketones is 1. The van der Waals surface area contributed by atoms with Crippen LogP contribution in [-0.4, -0.2) is 5.78 Å². The number of carbonyl (C=O) groups excluding carboxylic acids is 1. The first-order valence-electron chi connectivity index (χ1n) is 6.61. The summed E-state index contributed by atoms with van der Waals surface area (Å²) in [5.74, 6) is -0.573. The van der Waals surface area contributed by atoms with Crippen LogP contribution in [-0.2, 0) is 6.42 Å². The summed E-state index contributed by atoms with van der Waals surface area (Å²) in [5, 5.41) is 2.92. The molecule has 0 saturated carbocycles. The van der Waals surface area contributed by atoms with E-state index >= 15 is 0 Å². The first-order chi connectivity index (χ1) is 10.1. The van der Waals surface area contributed by atoms with Crippen molar-refractivity contribution < 1.29 is 9.18 Å². The second kappa shape index (κ2) is 7.04. The summed E-state index contributed by atoms with van der Waals surface area (Å²) in [6, 6.07) is 11.8. The maximum Gasteiger partial charge on any atom is 0.187 e. The molecule has 0 saturated heterocycles. The molecule has 0 atom stereocenters. The van der Waals surface area contributed by atoms with Gasteiger partial charge in [0.05, 0.1) is 5.02 Å². The minimum absolute atomic E-state index is 0.0369. The molecular weight excluding hydrogens is 289 g/mol. The maximum absolute atomic E-state index is 13.0. The van der Waals surface area contributed by atoms with Crippen molar-refractivity contribution in [3.63, 3.8) is 0 Å². The number of benzene rings is 2. The van der Waals surface area contributed by atoms with Gasteiger partial charge in [-0.15, -0.1) is 0 Å². The number of hydrogen-bond donors (Lipinski definition) is 1. The van der Waals surface area contributed by atoms with E-state index < -0.39 is 5.82 Å². The van der Waals surface area contributed by atoms with Crippen molar-refractivity contribution in [1.82, 2.24) is 0 Å². The normalized spacial score (nSPS) is 10.8.